The van der Waals surface area contributed by atoms with Crippen LogP contribution < -0.4 is 20.7 Å². The van der Waals surface area contributed by atoms with Crippen molar-refractivity contribution in [3.8, 4) is 11.5 Å². The minimum Gasteiger partial charge on any atom is -0.497 e. The molecule has 0 bridgehead atoms. The quantitative estimate of drug-likeness (QED) is 0.150. The molecule has 5 aromatic rings. The Balaban J connectivity index is 1.42. The number of methoxy groups -OCH3 is 2. The van der Waals surface area contributed by atoms with Crippen molar-refractivity contribution in [1.82, 2.24) is 9.55 Å². The standard InChI is InChI=1S/C38H36N2O8/c1-25-23-40(37(43)39-35(25)41)34-22-32(48-36(42)26-10-6-4-7-11-26)33(47-34)24-46-38(27-12-8-5-9-13-27,28-14-18-30(44-2)19-15-28)29-16-20-31(45-3)21-17-29/h4-21,23,32-34H,22,24H2,1-3H3,(H,39,41,43)/t32-,33-,34+/m1/s1. The molecule has 48 heavy (non-hydrogen) atoms. The third-order valence-electron chi connectivity index (χ3n) is 8.54. The van der Waals surface area contributed by atoms with E-state index in [0.29, 0.717) is 22.6 Å². The van der Waals surface area contributed by atoms with E-state index in [1.165, 1.54) is 10.8 Å². The van der Waals surface area contributed by atoms with Gasteiger partial charge in [0.15, 0.2) is 0 Å². The number of aryl methyl sites for hydroxylation is 1. The zero-order valence-corrected chi connectivity index (χ0v) is 26.8. The number of nitrogens with zero attached hydrogens (tertiary/aromatic N) is 1. The summed E-state index contributed by atoms with van der Waals surface area (Å²) >= 11 is 0. The minimum absolute atomic E-state index is 0.0344. The van der Waals surface area contributed by atoms with Gasteiger partial charge in [-0.3, -0.25) is 14.3 Å². The number of rotatable bonds is 11. The molecule has 10 nitrogen and oxygen atoms in total. The lowest BCUT2D eigenvalue weighted by Gasteiger charge is -2.37. The molecule has 0 unspecified atom stereocenters. The topological polar surface area (TPSA) is 118 Å². The molecule has 0 radical (unpaired) electrons. The largest absolute Gasteiger partial charge is 0.497 e. The van der Waals surface area contributed by atoms with E-state index in [9.17, 15) is 14.4 Å². The van der Waals surface area contributed by atoms with Crippen molar-refractivity contribution in [1.29, 1.82) is 0 Å². The first-order valence-corrected chi connectivity index (χ1v) is 15.5. The van der Waals surface area contributed by atoms with Gasteiger partial charge in [0.25, 0.3) is 5.56 Å². The van der Waals surface area contributed by atoms with Crippen LogP contribution in [0.5, 0.6) is 11.5 Å². The molecule has 2 heterocycles. The molecule has 4 aromatic carbocycles. The van der Waals surface area contributed by atoms with E-state index in [1.54, 1.807) is 45.4 Å². The molecule has 3 atom stereocenters. The normalized spacial score (nSPS) is 17.5. The Kier molecular flexibility index (Phi) is 9.56. The van der Waals surface area contributed by atoms with E-state index in [2.05, 4.69) is 4.98 Å². The van der Waals surface area contributed by atoms with E-state index in [-0.39, 0.29) is 13.0 Å². The molecule has 0 amide bonds. The molecule has 1 fully saturated rings. The monoisotopic (exact) mass is 648 g/mol. The number of carbonyl (C=O) groups is 1. The maximum absolute atomic E-state index is 13.3. The number of benzene rings is 4. The maximum Gasteiger partial charge on any atom is 0.338 e. The number of aromatic nitrogens is 2. The molecule has 1 aliphatic heterocycles. The van der Waals surface area contributed by atoms with Crippen LogP contribution in [0.1, 0.15) is 45.3 Å². The van der Waals surface area contributed by atoms with Gasteiger partial charge in [-0.1, -0.05) is 72.8 Å². The third-order valence-corrected chi connectivity index (χ3v) is 8.54. The Labute approximate surface area is 277 Å². The van der Waals surface area contributed by atoms with Crippen LogP contribution in [-0.4, -0.2) is 48.6 Å². The average Bonchev–Trinajstić information content (AvgIpc) is 3.53. The van der Waals surface area contributed by atoms with Crippen LogP contribution in [0.4, 0.5) is 0 Å². The van der Waals surface area contributed by atoms with Gasteiger partial charge in [-0.05, 0) is 60.0 Å². The summed E-state index contributed by atoms with van der Waals surface area (Å²) in [6.07, 6.45) is -0.804. The molecule has 0 aliphatic carbocycles. The van der Waals surface area contributed by atoms with Gasteiger partial charge in [0.2, 0.25) is 0 Å². The summed E-state index contributed by atoms with van der Waals surface area (Å²) in [7, 11) is 3.22. The number of carbonyl (C=O) groups excluding carboxylic acids is 1. The molecule has 1 aliphatic rings. The van der Waals surface area contributed by atoms with Crippen molar-refractivity contribution in [3.63, 3.8) is 0 Å². The van der Waals surface area contributed by atoms with Crippen LogP contribution in [-0.2, 0) is 19.8 Å². The average molecular weight is 649 g/mol. The molecule has 1 N–H and O–H groups in total. The second kappa shape index (κ2) is 14.1. The first kappa shape index (κ1) is 32.5. The lowest BCUT2D eigenvalue weighted by molar-refractivity contribution is -0.0967. The lowest BCUT2D eigenvalue weighted by Crippen LogP contribution is -2.39. The Morgan fingerprint density at radius 3 is 1.92 bits per heavy atom. The first-order chi connectivity index (χ1) is 23.3. The van der Waals surface area contributed by atoms with Crippen LogP contribution in [0.15, 0.2) is 125 Å². The van der Waals surface area contributed by atoms with Crippen LogP contribution in [0.2, 0.25) is 0 Å². The van der Waals surface area contributed by atoms with Gasteiger partial charge >= 0.3 is 11.7 Å². The number of H-pyrrole nitrogens is 1. The molecule has 1 aromatic heterocycles. The number of aromatic amines is 1. The number of hydrogen-bond acceptors (Lipinski definition) is 8. The fourth-order valence-electron chi connectivity index (χ4n) is 6.01. The molecule has 10 heteroatoms. The highest BCUT2D eigenvalue weighted by Gasteiger charge is 2.44. The molecular formula is C38H36N2O8. The molecule has 0 spiro atoms. The van der Waals surface area contributed by atoms with Crippen molar-refractivity contribution in [2.24, 2.45) is 0 Å². The molecular weight excluding hydrogens is 612 g/mol. The van der Waals surface area contributed by atoms with Crippen molar-refractivity contribution in [2.45, 2.75) is 37.4 Å². The number of esters is 1. The highest BCUT2D eigenvalue weighted by molar-refractivity contribution is 5.89. The smallest absolute Gasteiger partial charge is 0.338 e. The van der Waals surface area contributed by atoms with Gasteiger partial charge in [-0.2, -0.15) is 0 Å². The molecule has 1 saturated heterocycles. The minimum atomic E-state index is -1.15. The molecule has 6 rings (SSSR count). The fourth-order valence-corrected chi connectivity index (χ4v) is 6.01. The van der Waals surface area contributed by atoms with Crippen molar-refractivity contribution >= 4 is 5.97 Å². The lowest BCUT2D eigenvalue weighted by atomic mass is 9.80. The van der Waals surface area contributed by atoms with Gasteiger partial charge in [0, 0.05) is 18.2 Å². The first-order valence-electron chi connectivity index (χ1n) is 15.5. The van der Waals surface area contributed by atoms with Gasteiger partial charge < -0.3 is 23.7 Å². The van der Waals surface area contributed by atoms with Crippen LogP contribution in [0, 0.1) is 6.92 Å². The number of nitrogens with one attached hydrogen (secondary N) is 1. The predicted octanol–water partition coefficient (Wildman–Crippen LogP) is 5.38. The maximum atomic E-state index is 13.3. The van der Waals surface area contributed by atoms with E-state index >= 15 is 0 Å². The summed E-state index contributed by atoms with van der Waals surface area (Å²) in [6.45, 7) is 1.57. The number of hydrogen-bond donors (Lipinski definition) is 1. The van der Waals surface area contributed by atoms with Gasteiger partial charge in [-0.15, -0.1) is 0 Å². The van der Waals surface area contributed by atoms with Gasteiger partial charge in [0.05, 0.1) is 26.4 Å². The van der Waals surface area contributed by atoms with Crippen molar-refractivity contribution in [2.75, 3.05) is 20.8 Å². The summed E-state index contributed by atoms with van der Waals surface area (Å²) in [5.41, 5.74) is 0.957. The molecule has 246 valence electrons. The van der Waals surface area contributed by atoms with Gasteiger partial charge in [0.1, 0.15) is 35.5 Å². The zero-order chi connectivity index (χ0) is 33.7. The fraction of sp³-hybridized carbons (Fsp3) is 0.237. The Hall–Kier alpha value is -5.45. The van der Waals surface area contributed by atoms with Crippen LogP contribution in [0.25, 0.3) is 0 Å². The van der Waals surface area contributed by atoms with E-state index in [4.69, 9.17) is 23.7 Å². The second-order valence-electron chi connectivity index (χ2n) is 11.5. The zero-order valence-electron chi connectivity index (χ0n) is 26.8. The Morgan fingerprint density at radius 1 is 0.812 bits per heavy atom. The summed E-state index contributed by atoms with van der Waals surface area (Å²) in [6, 6.07) is 33.7. The highest BCUT2D eigenvalue weighted by Crippen LogP contribution is 2.43. The molecule has 0 saturated carbocycles. The Bertz CT molecular complexity index is 1910. The van der Waals surface area contributed by atoms with Crippen LogP contribution in [0.3, 0.4) is 0 Å². The second-order valence-corrected chi connectivity index (χ2v) is 11.5. The summed E-state index contributed by atoms with van der Waals surface area (Å²) in [5.74, 6) is 0.846. The summed E-state index contributed by atoms with van der Waals surface area (Å²) < 4.78 is 31.8. The highest BCUT2D eigenvalue weighted by atomic mass is 16.6. The summed E-state index contributed by atoms with van der Waals surface area (Å²) in [5, 5.41) is 0. The summed E-state index contributed by atoms with van der Waals surface area (Å²) in [4.78, 5) is 40.6. The number of ether oxygens (including phenoxy) is 5. The third kappa shape index (κ3) is 6.53. The van der Waals surface area contributed by atoms with E-state index in [0.717, 1.165) is 16.7 Å². The predicted molar refractivity (Wildman–Crippen MR) is 178 cm³/mol. The van der Waals surface area contributed by atoms with Gasteiger partial charge in [-0.25, -0.2) is 9.59 Å². The van der Waals surface area contributed by atoms with Crippen molar-refractivity contribution in [3.05, 3.63) is 164 Å². The van der Waals surface area contributed by atoms with Crippen LogP contribution >= 0.6 is 0 Å². The van der Waals surface area contributed by atoms with E-state index < -0.39 is 41.3 Å². The van der Waals surface area contributed by atoms with E-state index in [1.807, 2.05) is 84.9 Å². The SMILES string of the molecule is COc1ccc(C(OC[C@H]2O[C@H](n3cc(C)c(=O)[nH]c3=O)C[C@H]2OC(=O)c2ccccc2)(c2ccccc2)c2ccc(OC)cc2)cc1. The van der Waals surface area contributed by atoms with Crippen molar-refractivity contribution < 1.29 is 28.5 Å². The Morgan fingerprint density at radius 2 is 1.35 bits per heavy atom.